The molecule has 10 heteroatoms. The van der Waals surface area contributed by atoms with Gasteiger partial charge < -0.3 is 14.2 Å². The summed E-state index contributed by atoms with van der Waals surface area (Å²) in [6.07, 6.45) is 1.67. The van der Waals surface area contributed by atoms with Gasteiger partial charge in [-0.25, -0.2) is 4.99 Å². The van der Waals surface area contributed by atoms with Crippen LogP contribution in [0.25, 0.3) is 6.08 Å². The lowest BCUT2D eigenvalue weighted by molar-refractivity contribution is -0.115. The van der Waals surface area contributed by atoms with Gasteiger partial charge in [0.1, 0.15) is 4.90 Å². The summed E-state index contributed by atoms with van der Waals surface area (Å²) in [5.41, 5.74) is 1.37. The molecular weight excluding hydrogens is 496 g/mol. The van der Waals surface area contributed by atoms with Gasteiger partial charge in [0.25, 0.3) is 5.91 Å². The molecule has 1 aliphatic heterocycles. The summed E-state index contributed by atoms with van der Waals surface area (Å²) < 4.78 is 36.2. The predicted octanol–water partition coefficient (Wildman–Crippen LogP) is 5.40. The van der Waals surface area contributed by atoms with Gasteiger partial charge >= 0.3 is 10.1 Å². The second kappa shape index (κ2) is 10.3. The first-order valence-electron chi connectivity index (χ1n) is 10.2. The van der Waals surface area contributed by atoms with Gasteiger partial charge in [-0.05, 0) is 78.9 Å². The van der Waals surface area contributed by atoms with Crippen molar-refractivity contribution in [1.29, 1.82) is 0 Å². The first-order chi connectivity index (χ1) is 16.3. The lowest BCUT2D eigenvalue weighted by Gasteiger charge is -2.12. The number of nitrogens with one attached hydrogen (secondary N) is 1. The number of benzene rings is 3. The maximum atomic E-state index is 12.7. The molecule has 1 aliphatic rings. The normalized spacial score (nSPS) is 16.0. The Hall–Kier alpha value is -3.27. The van der Waals surface area contributed by atoms with E-state index in [0.29, 0.717) is 27.3 Å². The van der Waals surface area contributed by atoms with E-state index in [2.05, 4.69) is 10.3 Å². The number of hydrogen-bond acceptors (Lipinski definition) is 7. The molecule has 0 aromatic heterocycles. The zero-order valence-corrected chi connectivity index (χ0v) is 20.3. The van der Waals surface area contributed by atoms with Crippen molar-refractivity contribution < 1.29 is 22.1 Å². The second-order valence-corrected chi connectivity index (χ2v) is 9.96. The highest BCUT2D eigenvalue weighted by Crippen LogP contribution is 2.34. The highest BCUT2D eigenvalue weighted by molar-refractivity contribution is 8.18. The van der Waals surface area contributed by atoms with Crippen LogP contribution in [0.3, 0.4) is 0 Å². The molecule has 0 spiro atoms. The first-order valence-corrected chi connectivity index (χ1v) is 12.8. The minimum atomic E-state index is -4.09. The third-order valence-electron chi connectivity index (χ3n) is 4.50. The van der Waals surface area contributed by atoms with E-state index in [1.165, 1.54) is 42.1 Å². The van der Waals surface area contributed by atoms with E-state index in [-0.39, 0.29) is 22.3 Å². The number of amides is 1. The number of ether oxygens (including phenoxy) is 1. The maximum absolute atomic E-state index is 12.7. The molecule has 0 atom stereocenters. The van der Waals surface area contributed by atoms with Crippen LogP contribution in [0.5, 0.6) is 11.5 Å². The van der Waals surface area contributed by atoms with Crippen LogP contribution in [0, 0.1) is 0 Å². The zero-order chi connectivity index (χ0) is 24.1. The molecule has 1 amide bonds. The molecule has 7 nitrogen and oxygen atoms in total. The van der Waals surface area contributed by atoms with Gasteiger partial charge in [-0.2, -0.15) is 8.42 Å². The van der Waals surface area contributed by atoms with E-state index in [9.17, 15) is 13.2 Å². The van der Waals surface area contributed by atoms with Crippen molar-refractivity contribution in [2.24, 2.45) is 4.99 Å². The molecule has 4 rings (SSSR count). The average molecular weight is 515 g/mol. The van der Waals surface area contributed by atoms with Gasteiger partial charge in [-0.1, -0.05) is 35.9 Å². The zero-order valence-electron chi connectivity index (χ0n) is 17.9. The number of hydrogen-bond donors (Lipinski definition) is 1. The quantitative estimate of drug-likeness (QED) is 0.335. The third kappa shape index (κ3) is 5.80. The summed E-state index contributed by atoms with van der Waals surface area (Å²) in [6.45, 7) is 2.07. The number of nitrogens with zero attached hydrogens (tertiary/aromatic N) is 1. The molecule has 0 unspecified atom stereocenters. The van der Waals surface area contributed by atoms with E-state index < -0.39 is 10.1 Å². The summed E-state index contributed by atoms with van der Waals surface area (Å²) in [7, 11) is -4.09. The molecule has 0 aliphatic carbocycles. The average Bonchev–Trinajstić information content (AvgIpc) is 3.15. The van der Waals surface area contributed by atoms with Crippen molar-refractivity contribution in [1.82, 2.24) is 5.32 Å². The Labute approximate surface area is 206 Å². The fourth-order valence-electron chi connectivity index (χ4n) is 2.97. The van der Waals surface area contributed by atoms with E-state index in [4.69, 9.17) is 20.5 Å². The number of amidine groups is 1. The molecule has 0 saturated carbocycles. The largest absolute Gasteiger partial charge is 0.490 e. The topological polar surface area (TPSA) is 94.1 Å². The smallest absolute Gasteiger partial charge is 0.339 e. The minimum Gasteiger partial charge on any atom is -0.490 e. The predicted molar refractivity (Wildman–Crippen MR) is 134 cm³/mol. The number of carbonyl (C=O) groups is 1. The van der Waals surface area contributed by atoms with Crippen molar-refractivity contribution in [2.75, 3.05) is 6.61 Å². The first kappa shape index (κ1) is 23.9. The van der Waals surface area contributed by atoms with Gasteiger partial charge in [0.15, 0.2) is 16.7 Å². The maximum Gasteiger partial charge on any atom is 0.339 e. The molecule has 0 radical (unpaired) electrons. The van der Waals surface area contributed by atoms with Gasteiger partial charge in [0, 0.05) is 5.02 Å². The van der Waals surface area contributed by atoms with Crippen LogP contribution >= 0.6 is 23.4 Å². The van der Waals surface area contributed by atoms with Gasteiger partial charge in [0.05, 0.1) is 17.2 Å². The van der Waals surface area contributed by atoms with Crippen LogP contribution in [0.2, 0.25) is 5.02 Å². The van der Waals surface area contributed by atoms with E-state index in [1.807, 2.05) is 30.3 Å². The van der Waals surface area contributed by atoms with Gasteiger partial charge in [0.2, 0.25) is 0 Å². The molecule has 0 bridgehead atoms. The molecule has 174 valence electrons. The number of thioether (sulfide) groups is 1. The molecule has 1 saturated heterocycles. The standard InChI is InChI=1S/C24H19ClN2O5S2/c1-2-31-21-14-16(8-13-20(21)32-34(29,30)19-11-9-17(25)10-12-19)15-22-23(28)27-24(33-22)26-18-6-4-3-5-7-18/h3-15H,2H2,1H3,(H,26,27,28)/b22-15-. The Morgan fingerprint density at radius 1 is 1.03 bits per heavy atom. The lowest BCUT2D eigenvalue weighted by atomic mass is 10.2. The molecule has 3 aromatic rings. The Morgan fingerprint density at radius 3 is 2.47 bits per heavy atom. The molecule has 3 aromatic carbocycles. The summed E-state index contributed by atoms with van der Waals surface area (Å²) >= 11 is 7.05. The summed E-state index contributed by atoms with van der Waals surface area (Å²) in [4.78, 5) is 17.2. The van der Waals surface area contributed by atoms with Gasteiger partial charge in [-0.15, -0.1) is 0 Å². The van der Waals surface area contributed by atoms with Crippen molar-refractivity contribution >= 4 is 56.3 Å². The number of carbonyl (C=O) groups excluding carboxylic acids is 1. The molecule has 1 N–H and O–H groups in total. The highest BCUT2D eigenvalue weighted by Gasteiger charge is 2.24. The Balaban J connectivity index is 1.58. The van der Waals surface area contributed by atoms with Crippen molar-refractivity contribution in [3.05, 3.63) is 88.3 Å². The summed E-state index contributed by atoms with van der Waals surface area (Å²) in [5, 5.41) is 3.63. The SMILES string of the molecule is CCOc1cc(/C=C2\SC(=Nc3ccccc3)NC2=O)ccc1OS(=O)(=O)c1ccc(Cl)cc1. The monoisotopic (exact) mass is 514 g/mol. The molecule has 1 heterocycles. The number of halogens is 1. The Morgan fingerprint density at radius 2 is 1.76 bits per heavy atom. The van der Waals surface area contributed by atoms with Crippen LogP contribution in [0.15, 0.2) is 87.6 Å². The summed E-state index contributed by atoms with van der Waals surface area (Å²) in [6, 6.07) is 19.7. The minimum absolute atomic E-state index is 0.0326. The van der Waals surface area contributed by atoms with E-state index in [0.717, 1.165) is 5.69 Å². The molecule has 34 heavy (non-hydrogen) atoms. The van der Waals surface area contributed by atoms with E-state index in [1.54, 1.807) is 25.1 Å². The summed E-state index contributed by atoms with van der Waals surface area (Å²) in [5.74, 6) is -0.00643. The molecule has 1 fully saturated rings. The second-order valence-electron chi connectivity index (χ2n) is 6.95. The lowest BCUT2D eigenvalue weighted by Crippen LogP contribution is -2.19. The van der Waals surface area contributed by atoms with Crippen LogP contribution in [-0.4, -0.2) is 26.1 Å². The van der Waals surface area contributed by atoms with Crippen LogP contribution in [0.1, 0.15) is 12.5 Å². The van der Waals surface area contributed by atoms with Crippen LogP contribution < -0.4 is 14.2 Å². The van der Waals surface area contributed by atoms with Crippen LogP contribution in [-0.2, 0) is 14.9 Å². The van der Waals surface area contributed by atoms with Crippen molar-refractivity contribution in [3.63, 3.8) is 0 Å². The fourth-order valence-corrected chi connectivity index (χ4v) is 4.88. The third-order valence-corrected chi connectivity index (χ3v) is 6.92. The van der Waals surface area contributed by atoms with Crippen molar-refractivity contribution in [3.8, 4) is 11.5 Å². The molecular formula is C24H19ClN2O5S2. The van der Waals surface area contributed by atoms with Crippen LogP contribution in [0.4, 0.5) is 5.69 Å². The van der Waals surface area contributed by atoms with Gasteiger partial charge in [-0.3, -0.25) is 4.79 Å². The number of rotatable bonds is 7. The van der Waals surface area contributed by atoms with Crippen molar-refractivity contribution in [2.45, 2.75) is 11.8 Å². The fraction of sp³-hybridized carbons (Fsp3) is 0.0833. The van der Waals surface area contributed by atoms with E-state index >= 15 is 0 Å². The number of para-hydroxylation sites is 1. The highest BCUT2D eigenvalue weighted by atomic mass is 35.5. The Kier molecular flexibility index (Phi) is 7.26. The Bertz CT molecular complexity index is 1370. The number of aliphatic imine (C=N–C) groups is 1.